The van der Waals surface area contributed by atoms with E-state index in [0.29, 0.717) is 18.9 Å². The molecule has 0 aliphatic carbocycles. The predicted octanol–water partition coefficient (Wildman–Crippen LogP) is 3.63. The minimum atomic E-state index is -6.11. The van der Waals surface area contributed by atoms with Crippen molar-refractivity contribution in [2.45, 2.75) is 56.8 Å². The lowest BCUT2D eigenvalue weighted by Gasteiger charge is -2.47. The minimum absolute atomic E-state index is 0.0572. The highest BCUT2D eigenvalue weighted by molar-refractivity contribution is 5.94. The van der Waals surface area contributed by atoms with Gasteiger partial charge < -0.3 is 20.1 Å². The first-order valence-corrected chi connectivity index (χ1v) is 9.40. The van der Waals surface area contributed by atoms with Crippen molar-refractivity contribution < 1.29 is 45.9 Å². The summed E-state index contributed by atoms with van der Waals surface area (Å²) in [5.74, 6) is -1.76. The number of unbranched alkanes of at least 4 members (excludes halogenated alkanes) is 1. The number of amides is 1. The third kappa shape index (κ3) is 4.20. The van der Waals surface area contributed by atoms with Crippen molar-refractivity contribution in [2.75, 3.05) is 18.5 Å². The normalized spacial score (nSPS) is 20.3. The molecular weight excluding hydrogens is 452 g/mol. The molecule has 0 spiro atoms. The molecule has 1 aromatic carbocycles. The predicted molar refractivity (Wildman–Crippen MR) is 99.3 cm³/mol. The van der Waals surface area contributed by atoms with Crippen LogP contribution in [0.1, 0.15) is 38.3 Å². The van der Waals surface area contributed by atoms with Gasteiger partial charge in [-0.2, -0.15) is 26.3 Å². The lowest BCUT2D eigenvalue weighted by molar-refractivity contribution is -0.389. The Morgan fingerprint density at radius 3 is 2.28 bits per heavy atom. The average molecular weight is 473 g/mol. The molecule has 0 radical (unpaired) electrons. The number of nitro groups is 1. The second kappa shape index (κ2) is 8.73. The number of ether oxygens (including phenoxy) is 1. The van der Waals surface area contributed by atoms with Crippen molar-refractivity contribution in [3.63, 3.8) is 0 Å². The number of alkyl halides is 6. The summed E-state index contributed by atoms with van der Waals surface area (Å²) in [6.45, 7) is 2.73. The second-order valence-electron chi connectivity index (χ2n) is 7.28. The van der Waals surface area contributed by atoms with Gasteiger partial charge in [0.15, 0.2) is 0 Å². The molecule has 14 heteroatoms. The number of carbonyl (C=O) groups is 1. The van der Waals surface area contributed by atoms with Crippen LogP contribution in [0.25, 0.3) is 0 Å². The van der Waals surface area contributed by atoms with E-state index in [1.165, 1.54) is 0 Å². The zero-order valence-electron chi connectivity index (χ0n) is 17.2. The van der Waals surface area contributed by atoms with Crippen molar-refractivity contribution in [3.8, 4) is 5.75 Å². The highest BCUT2D eigenvalue weighted by Crippen LogP contribution is 2.55. The number of hydrogen-bond donors (Lipinski definition) is 2. The van der Waals surface area contributed by atoms with Crippen LogP contribution in [0.15, 0.2) is 12.1 Å². The molecule has 0 saturated carbocycles. The molecule has 1 heterocycles. The van der Waals surface area contributed by atoms with E-state index < -0.39 is 52.4 Å². The highest BCUT2D eigenvalue weighted by atomic mass is 19.4. The fraction of sp³-hybridized carbons (Fsp3) is 0.611. The van der Waals surface area contributed by atoms with E-state index in [4.69, 9.17) is 0 Å². The topological polar surface area (TPSA) is 105 Å². The molecule has 1 aliphatic rings. The van der Waals surface area contributed by atoms with Gasteiger partial charge >= 0.3 is 18.0 Å². The van der Waals surface area contributed by atoms with Crippen molar-refractivity contribution in [2.24, 2.45) is 0 Å². The fourth-order valence-electron chi connectivity index (χ4n) is 3.40. The number of benzene rings is 1. The van der Waals surface area contributed by atoms with Crippen LogP contribution in [0.2, 0.25) is 0 Å². The monoisotopic (exact) mass is 473 g/mol. The number of rotatable bonds is 6. The molecule has 2 unspecified atom stereocenters. The molecule has 1 aromatic rings. The van der Waals surface area contributed by atoms with Crippen molar-refractivity contribution >= 4 is 17.3 Å². The number of nitrogens with zero attached hydrogens (tertiary/aromatic N) is 2. The van der Waals surface area contributed by atoms with Crippen LogP contribution in [0, 0.1) is 10.1 Å². The number of nitrogens with one attached hydrogen (secondary N) is 1. The molecule has 8 nitrogen and oxygen atoms in total. The summed E-state index contributed by atoms with van der Waals surface area (Å²) >= 11 is 0. The van der Waals surface area contributed by atoms with E-state index >= 15 is 0 Å². The van der Waals surface area contributed by atoms with Crippen molar-refractivity contribution in [1.29, 1.82) is 0 Å². The molecule has 2 atom stereocenters. The first-order chi connectivity index (χ1) is 14.6. The minimum Gasteiger partial charge on any atom is -0.466 e. The fourth-order valence-corrected chi connectivity index (χ4v) is 3.40. The summed E-state index contributed by atoms with van der Waals surface area (Å²) < 4.78 is 86.8. The zero-order valence-corrected chi connectivity index (χ0v) is 17.2. The van der Waals surface area contributed by atoms with E-state index in [2.05, 4.69) is 10.1 Å². The van der Waals surface area contributed by atoms with E-state index in [1.54, 1.807) is 6.92 Å². The maximum absolute atomic E-state index is 13.8. The van der Waals surface area contributed by atoms with Gasteiger partial charge in [-0.25, -0.2) is 0 Å². The molecule has 1 aliphatic heterocycles. The van der Waals surface area contributed by atoms with E-state index in [0.717, 1.165) is 24.9 Å². The number of fused-ring (bicyclic) bond motifs is 1. The summed E-state index contributed by atoms with van der Waals surface area (Å²) in [5, 5.41) is 24.3. The van der Waals surface area contributed by atoms with Gasteiger partial charge in [-0.1, -0.05) is 13.3 Å². The van der Waals surface area contributed by atoms with E-state index in [-0.39, 0.29) is 17.8 Å². The van der Waals surface area contributed by atoms with Gasteiger partial charge in [0.1, 0.15) is 17.5 Å². The molecule has 0 aromatic heterocycles. The zero-order chi connectivity index (χ0) is 24.6. The number of hydrogen-bond acceptors (Lipinski definition) is 6. The Morgan fingerprint density at radius 2 is 1.84 bits per heavy atom. The number of carbonyl (C=O) groups excluding carboxylic acids is 1. The molecule has 2 rings (SSSR count). The number of aliphatic hydroxyl groups excluding tert-OH is 1. The molecular formula is C18H21F6N3O5. The number of anilines is 1. The molecule has 0 fully saturated rings. The summed E-state index contributed by atoms with van der Waals surface area (Å²) in [7, 11) is 1.15. The van der Waals surface area contributed by atoms with Crippen LogP contribution in [-0.4, -0.2) is 53.6 Å². The van der Waals surface area contributed by atoms with Gasteiger partial charge in [0, 0.05) is 19.5 Å². The Balaban J connectivity index is 2.84. The third-order valence-electron chi connectivity index (χ3n) is 5.21. The molecule has 0 saturated heterocycles. The van der Waals surface area contributed by atoms with Gasteiger partial charge in [0.25, 0.3) is 5.69 Å². The largest absolute Gasteiger partial charge is 0.466 e. The van der Waals surface area contributed by atoms with E-state index in [9.17, 15) is 46.4 Å². The first kappa shape index (κ1) is 25.6. The van der Waals surface area contributed by atoms with Crippen LogP contribution >= 0.6 is 0 Å². The van der Waals surface area contributed by atoms with Crippen molar-refractivity contribution in [1.82, 2.24) is 5.32 Å². The Kier molecular flexibility index (Phi) is 7.00. The van der Waals surface area contributed by atoms with E-state index in [1.807, 2.05) is 0 Å². The van der Waals surface area contributed by atoms with Crippen LogP contribution in [0.3, 0.4) is 0 Å². The standard InChI is InChI=1S/C18H21F6N3O5/c1-4-5-6-25-14-10-7-11(26(3)9(2)28)12(27(30)31)8-13(10)32-16(15(14)29,17(19,20)21)18(22,23)24/h7-8,14-15,25,29H,4-6H2,1-3H3. The van der Waals surface area contributed by atoms with Crippen LogP contribution < -0.4 is 15.0 Å². The molecule has 1 amide bonds. The molecule has 0 bridgehead atoms. The maximum Gasteiger partial charge on any atom is 0.440 e. The molecule has 2 N–H and O–H groups in total. The summed E-state index contributed by atoms with van der Waals surface area (Å²) in [5.41, 5.74) is -6.74. The third-order valence-corrected chi connectivity index (χ3v) is 5.21. The summed E-state index contributed by atoms with van der Waals surface area (Å²) in [6, 6.07) is -0.678. The first-order valence-electron chi connectivity index (χ1n) is 9.40. The second-order valence-corrected chi connectivity index (χ2v) is 7.28. The molecule has 32 heavy (non-hydrogen) atoms. The van der Waals surface area contributed by atoms with Crippen LogP contribution in [0.4, 0.5) is 37.7 Å². The van der Waals surface area contributed by atoms with Crippen molar-refractivity contribution in [3.05, 3.63) is 27.8 Å². The lowest BCUT2D eigenvalue weighted by Crippen LogP contribution is -2.71. The SMILES string of the molecule is CCCCNC1c2cc(N(C)C(C)=O)c([N+](=O)[O-])cc2OC(C(F)(F)F)(C(F)(F)F)C1O. The summed E-state index contributed by atoms with van der Waals surface area (Å²) in [4.78, 5) is 22.9. The maximum atomic E-state index is 13.8. The van der Waals surface area contributed by atoms with Gasteiger partial charge in [0.2, 0.25) is 5.91 Å². The Morgan fingerprint density at radius 1 is 1.28 bits per heavy atom. The van der Waals surface area contributed by atoms with Gasteiger partial charge in [0.05, 0.1) is 17.0 Å². The number of aliphatic hydroxyl groups is 1. The quantitative estimate of drug-likeness (QED) is 0.283. The van der Waals surface area contributed by atoms with Gasteiger partial charge in [-0.05, 0) is 19.0 Å². The summed E-state index contributed by atoms with van der Waals surface area (Å²) in [6.07, 6.45) is -14.5. The number of nitro benzene ring substituents is 1. The highest BCUT2D eigenvalue weighted by Gasteiger charge is 2.79. The van der Waals surface area contributed by atoms with Crippen LogP contribution in [0.5, 0.6) is 5.75 Å². The Bertz CT molecular complexity index is 875. The lowest BCUT2D eigenvalue weighted by atomic mass is 9.82. The molecule has 180 valence electrons. The Labute approximate surface area is 178 Å². The number of halogens is 6. The van der Waals surface area contributed by atoms with Crippen LogP contribution in [-0.2, 0) is 4.79 Å². The Hall–Kier alpha value is -2.61. The smallest absolute Gasteiger partial charge is 0.440 e. The van der Waals surface area contributed by atoms with Gasteiger partial charge in [-0.15, -0.1) is 0 Å². The van der Waals surface area contributed by atoms with Gasteiger partial charge in [-0.3, -0.25) is 14.9 Å². The average Bonchev–Trinajstić information content (AvgIpc) is 2.65.